The lowest BCUT2D eigenvalue weighted by molar-refractivity contribution is 0.498. The van der Waals surface area contributed by atoms with Gasteiger partial charge in [0, 0.05) is 6.04 Å². The first-order valence-corrected chi connectivity index (χ1v) is 4.15. The van der Waals surface area contributed by atoms with E-state index in [1.807, 2.05) is 13.1 Å². The Morgan fingerprint density at radius 3 is 2.80 bits per heavy atom. The second-order valence-corrected chi connectivity index (χ2v) is 3.19. The fraction of sp³-hybridized carbons (Fsp3) is 0.778. The van der Waals surface area contributed by atoms with Crippen LogP contribution in [-0.4, -0.2) is 13.1 Å². The maximum Gasteiger partial charge on any atom is 0.0101 e. The van der Waals surface area contributed by atoms with Crippen LogP contribution in [0.15, 0.2) is 12.7 Å². The fourth-order valence-corrected chi connectivity index (χ4v) is 1.29. The summed E-state index contributed by atoms with van der Waals surface area (Å²) in [5.41, 5.74) is 0. The van der Waals surface area contributed by atoms with Gasteiger partial charge in [0.05, 0.1) is 0 Å². The van der Waals surface area contributed by atoms with Crippen molar-refractivity contribution in [2.75, 3.05) is 7.05 Å². The number of hydrogen-bond donors (Lipinski definition) is 1. The van der Waals surface area contributed by atoms with E-state index in [4.69, 9.17) is 0 Å². The molecule has 0 aromatic heterocycles. The van der Waals surface area contributed by atoms with E-state index in [-0.39, 0.29) is 0 Å². The zero-order valence-corrected chi connectivity index (χ0v) is 6.77. The van der Waals surface area contributed by atoms with Gasteiger partial charge in [-0.15, -0.1) is 6.58 Å². The molecule has 0 aliphatic heterocycles. The zero-order valence-electron chi connectivity index (χ0n) is 6.77. The Morgan fingerprint density at radius 2 is 2.40 bits per heavy atom. The van der Waals surface area contributed by atoms with E-state index >= 15 is 0 Å². The maximum atomic E-state index is 3.74. The Morgan fingerprint density at radius 1 is 1.70 bits per heavy atom. The smallest absolute Gasteiger partial charge is 0.0101 e. The van der Waals surface area contributed by atoms with E-state index in [9.17, 15) is 0 Å². The first kappa shape index (κ1) is 7.80. The van der Waals surface area contributed by atoms with Gasteiger partial charge >= 0.3 is 0 Å². The summed E-state index contributed by atoms with van der Waals surface area (Å²) < 4.78 is 0. The van der Waals surface area contributed by atoms with Crippen molar-refractivity contribution in [2.24, 2.45) is 5.92 Å². The maximum absolute atomic E-state index is 3.74. The lowest BCUT2D eigenvalue weighted by Crippen LogP contribution is -2.24. The van der Waals surface area contributed by atoms with Gasteiger partial charge in [-0.25, -0.2) is 0 Å². The molecule has 58 valence electrons. The molecule has 0 aromatic carbocycles. The molecule has 0 spiro atoms. The molecule has 1 heteroatoms. The topological polar surface area (TPSA) is 12.0 Å². The zero-order chi connectivity index (χ0) is 7.40. The molecule has 0 saturated heterocycles. The molecule has 1 saturated carbocycles. The lowest BCUT2D eigenvalue weighted by atomic mass is 10.1. The van der Waals surface area contributed by atoms with Crippen LogP contribution in [0.3, 0.4) is 0 Å². The lowest BCUT2D eigenvalue weighted by Gasteiger charge is -2.12. The van der Waals surface area contributed by atoms with E-state index < -0.39 is 0 Å². The quantitative estimate of drug-likeness (QED) is 0.574. The minimum Gasteiger partial charge on any atom is -0.317 e. The SMILES string of the molecule is C=CCC(CC1CC1)NC. The molecule has 1 aliphatic carbocycles. The van der Waals surface area contributed by atoms with Gasteiger partial charge in [-0.3, -0.25) is 0 Å². The largest absolute Gasteiger partial charge is 0.317 e. The van der Waals surface area contributed by atoms with Crippen molar-refractivity contribution in [1.29, 1.82) is 0 Å². The molecule has 1 aliphatic rings. The highest BCUT2D eigenvalue weighted by atomic mass is 14.9. The van der Waals surface area contributed by atoms with Crippen molar-refractivity contribution in [3.8, 4) is 0 Å². The van der Waals surface area contributed by atoms with Crippen LogP contribution < -0.4 is 5.32 Å². The molecule has 1 nitrogen and oxygen atoms in total. The molecule has 1 atom stereocenters. The van der Waals surface area contributed by atoms with Gasteiger partial charge in [0.15, 0.2) is 0 Å². The van der Waals surface area contributed by atoms with Gasteiger partial charge in [-0.05, 0) is 25.8 Å². The Hall–Kier alpha value is -0.300. The van der Waals surface area contributed by atoms with E-state index in [1.165, 1.54) is 19.3 Å². The van der Waals surface area contributed by atoms with Gasteiger partial charge in [0.1, 0.15) is 0 Å². The van der Waals surface area contributed by atoms with Crippen molar-refractivity contribution in [2.45, 2.75) is 31.7 Å². The molecule has 0 radical (unpaired) electrons. The third-order valence-corrected chi connectivity index (χ3v) is 2.17. The molecule has 0 bridgehead atoms. The van der Waals surface area contributed by atoms with Crippen molar-refractivity contribution in [3.05, 3.63) is 12.7 Å². The van der Waals surface area contributed by atoms with Crippen LogP contribution in [0.2, 0.25) is 0 Å². The second kappa shape index (κ2) is 3.77. The average Bonchev–Trinajstić information content (AvgIpc) is 2.71. The van der Waals surface area contributed by atoms with Crippen molar-refractivity contribution in [3.63, 3.8) is 0 Å². The minimum absolute atomic E-state index is 0.685. The van der Waals surface area contributed by atoms with Gasteiger partial charge in [-0.1, -0.05) is 18.9 Å². The first-order chi connectivity index (χ1) is 4.86. The standard InChI is InChI=1S/C9H17N/c1-3-4-9(10-2)7-8-5-6-8/h3,8-10H,1,4-7H2,2H3. The fourth-order valence-electron chi connectivity index (χ4n) is 1.29. The Labute approximate surface area is 63.5 Å². The van der Waals surface area contributed by atoms with Gasteiger partial charge in [-0.2, -0.15) is 0 Å². The van der Waals surface area contributed by atoms with Crippen molar-refractivity contribution in [1.82, 2.24) is 5.32 Å². The van der Waals surface area contributed by atoms with Crippen LogP contribution in [0.25, 0.3) is 0 Å². The van der Waals surface area contributed by atoms with Crippen LogP contribution in [0.4, 0.5) is 0 Å². The monoisotopic (exact) mass is 139 g/mol. The van der Waals surface area contributed by atoms with Crippen LogP contribution in [-0.2, 0) is 0 Å². The third kappa shape index (κ3) is 2.53. The summed E-state index contributed by atoms with van der Waals surface area (Å²) in [5, 5.41) is 3.30. The number of nitrogens with one attached hydrogen (secondary N) is 1. The highest BCUT2D eigenvalue weighted by Crippen LogP contribution is 2.33. The summed E-state index contributed by atoms with van der Waals surface area (Å²) in [5.74, 6) is 1.03. The predicted octanol–water partition coefficient (Wildman–Crippen LogP) is 1.95. The Balaban J connectivity index is 2.11. The highest BCUT2D eigenvalue weighted by Gasteiger charge is 2.23. The van der Waals surface area contributed by atoms with E-state index in [1.54, 1.807) is 0 Å². The van der Waals surface area contributed by atoms with E-state index in [0.717, 1.165) is 12.3 Å². The summed E-state index contributed by atoms with van der Waals surface area (Å²) in [6.45, 7) is 3.74. The van der Waals surface area contributed by atoms with Crippen molar-refractivity contribution < 1.29 is 0 Å². The van der Waals surface area contributed by atoms with Crippen LogP contribution in [0, 0.1) is 5.92 Å². The summed E-state index contributed by atoms with van der Waals surface area (Å²) in [4.78, 5) is 0. The van der Waals surface area contributed by atoms with Crippen LogP contribution in [0.5, 0.6) is 0 Å². The Bertz CT molecular complexity index is 105. The normalized spacial score (nSPS) is 20.5. The van der Waals surface area contributed by atoms with Crippen LogP contribution in [0.1, 0.15) is 25.7 Å². The molecule has 0 heterocycles. The van der Waals surface area contributed by atoms with Crippen LogP contribution >= 0.6 is 0 Å². The van der Waals surface area contributed by atoms with E-state index in [0.29, 0.717) is 6.04 Å². The minimum atomic E-state index is 0.685. The summed E-state index contributed by atoms with van der Waals surface area (Å²) in [7, 11) is 2.04. The average molecular weight is 139 g/mol. The molecular formula is C9H17N. The summed E-state index contributed by atoms with van der Waals surface area (Å²) in [6.07, 6.45) is 7.38. The molecule has 0 aromatic rings. The summed E-state index contributed by atoms with van der Waals surface area (Å²) >= 11 is 0. The third-order valence-electron chi connectivity index (χ3n) is 2.17. The molecular weight excluding hydrogens is 122 g/mol. The molecule has 1 rings (SSSR count). The van der Waals surface area contributed by atoms with Gasteiger partial charge in [0.2, 0.25) is 0 Å². The highest BCUT2D eigenvalue weighted by molar-refractivity contribution is 4.83. The number of rotatable bonds is 5. The second-order valence-electron chi connectivity index (χ2n) is 3.19. The Kier molecular flexibility index (Phi) is 2.94. The summed E-state index contributed by atoms with van der Waals surface area (Å²) in [6, 6.07) is 0.685. The predicted molar refractivity (Wildman–Crippen MR) is 45.0 cm³/mol. The van der Waals surface area contributed by atoms with Gasteiger partial charge < -0.3 is 5.32 Å². The van der Waals surface area contributed by atoms with Gasteiger partial charge in [0.25, 0.3) is 0 Å². The molecule has 0 amide bonds. The molecule has 1 fully saturated rings. The molecule has 10 heavy (non-hydrogen) atoms. The number of hydrogen-bond acceptors (Lipinski definition) is 1. The molecule has 1 N–H and O–H groups in total. The molecule has 1 unspecified atom stereocenters. The van der Waals surface area contributed by atoms with Crippen molar-refractivity contribution >= 4 is 0 Å². The first-order valence-electron chi connectivity index (χ1n) is 4.15. The van der Waals surface area contributed by atoms with E-state index in [2.05, 4.69) is 11.9 Å².